The third-order valence-corrected chi connectivity index (χ3v) is 5.52. The average Bonchev–Trinajstić information content (AvgIpc) is 3.10. The number of fused-ring (bicyclic) bond motifs is 1. The van der Waals surface area contributed by atoms with Crippen LogP contribution in [0.2, 0.25) is 0 Å². The van der Waals surface area contributed by atoms with Gasteiger partial charge in [-0.25, -0.2) is 9.78 Å². The summed E-state index contributed by atoms with van der Waals surface area (Å²) in [5.74, 6) is 0.445. The van der Waals surface area contributed by atoms with Crippen molar-refractivity contribution in [3.05, 3.63) is 57.0 Å². The predicted octanol–water partition coefficient (Wildman–Crippen LogP) is 3.75. The quantitative estimate of drug-likeness (QED) is 0.596. The Hall–Kier alpha value is -2.67. The van der Waals surface area contributed by atoms with Crippen molar-refractivity contribution >= 4 is 27.5 Å². The number of aromatic nitrogens is 2. The van der Waals surface area contributed by atoms with E-state index < -0.39 is 5.97 Å². The van der Waals surface area contributed by atoms with Gasteiger partial charge in [-0.15, -0.1) is 11.3 Å². The van der Waals surface area contributed by atoms with Gasteiger partial charge in [0.1, 0.15) is 16.4 Å². The molecule has 1 N–H and O–H groups in total. The van der Waals surface area contributed by atoms with E-state index in [-0.39, 0.29) is 11.1 Å². The Bertz CT molecular complexity index is 1010. The molecule has 3 rings (SSSR count). The largest absolute Gasteiger partial charge is 0.494 e. The van der Waals surface area contributed by atoms with Crippen LogP contribution in [0.3, 0.4) is 0 Å². The summed E-state index contributed by atoms with van der Waals surface area (Å²) in [5, 5.41) is 9.60. The van der Waals surface area contributed by atoms with Crippen molar-refractivity contribution in [2.75, 3.05) is 6.61 Å². The molecule has 142 valence electrons. The zero-order valence-corrected chi connectivity index (χ0v) is 16.2. The van der Waals surface area contributed by atoms with Crippen molar-refractivity contribution in [2.45, 2.75) is 39.7 Å². The molecule has 0 unspecified atom stereocenters. The first-order valence-corrected chi connectivity index (χ1v) is 9.83. The molecule has 0 saturated heterocycles. The van der Waals surface area contributed by atoms with Gasteiger partial charge < -0.3 is 9.84 Å². The third kappa shape index (κ3) is 4.19. The molecular weight excluding hydrogens is 364 g/mol. The van der Waals surface area contributed by atoms with Gasteiger partial charge in [-0.2, -0.15) is 0 Å². The Morgan fingerprint density at radius 2 is 1.96 bits per heavy atom. The number of carbonyl (C=O) groups is 1. The number of carboxylic acids is 1. The minimum Gasteiger partial charge on any atom is -0.494 e. The molecule has 2 heterocycles. The minimum absolute atomic E-state index is 0.0126. The fourth-order valence-electron chi connectivity index (χ4n) is 2.89. The van der Waals surface area contributed by atoms with E-state index >= 15 is 0 Å². The normalized spacial score (nSPS) is 11.0. The van der Waals surface area contributed by atoms with Crippen LogP contribution in [-0.4, -0.2) is 27.2 Å². The van der Waals surface area contributed by atoms with Gasteiger partial charge in [0.15, 0.2) is 0 Å². The highest BCUT2D eigenvalue weighted by atomic mass is 32.1. The molecule has 0 spiro atoms. The monoisotopic (exact) mass is 386 g/mol. The molecule has 0 bridgehead atoms. The number of benzene rings is 1. The van der Waals surface area contributed by atoms with Gasteiger partial charge in [0, 0.05) is 17.8 Å². The first kappa shape index (κ1) is 19.1. The standard InChI is InChI=1S/C20H22N2O4S/c1-3-15-12-16-18(27-15)21-17(4-2)22(19(16)23)10-5-11-26-14-8-6-13(7-9-14)20(24)25/h6-9,12H,3-5,10-11H2,1-2H3,(H,24,25). The summed E-state index contributed by atoms with van der Waals surface area (Å²) in [6, 6.07) is 8.25. The maximum atomic E-state index is 12.8. The summed E-state index contributed by atoms with van der Waals surface area (Å²) in [4.78, 5) is 30.4. The van der Waals surface area contributed by atoms with Crippen molar-refractivity contribution in [3.8, 4) is 5.75 Å². The number of hydrogen-bond donors (Lipinski definition) is 1. The molecule has 7 heteroatoms. The van der Waals surface area contributed by atoms with Crippen molar-refractivity contribution < 1.29 is 14.6 Å². The summed E-state index contributed by atoms with van der Waals surface area (Å²) in [6.07, 6.45) is 2.25. The molecule has 0 fully saturated rings. The van der Waals surface area contributed by atoms with Crippen LogP contribution >= 0.6 is 11.3 Å². The zero-order chi connectivity index (χ0) is 19.4. The number of ether oxygens (including phenoxy) is 1. The molecular formula is C20H22N2O4S. The van der Waals surface area contributed by atoms with Crippen LogP contribution in [0.5, 0.6) is 5.75 Å². The van der Waals surface area contributed by atoms with Gasteiger partial charge in [-0.3, -0.25) is 9.36 Å². The van der Waals surface area contributed by atoms with Crippen LogP contribution in [-0.2, 0) is 19.4 Å². The van der Waals surface area contributed by atoms with Crippen LogP contribution in [0.1, 0.15) is 41.3 Å². The molecule has 2 aromatic heterocycles. The van der Waals surface area contributed by atoms with E-state index in [0.29, 0.717) is 37.1 Å². The van der Waals surface area contributed by atoms with E-state index in [1.54, 1.807) is 28.0 Å². The van der Waals surface area contributed by atoms with Gasteiger partial charge in [0.25, 0.3) is 5.56 Å². The van der Waals surface area contributed by atoms with E-state index in [0.717, 1.165) is 17.1 Å². The molecule has 0 atom stereocenters. The Morgan fingerprint density at radius 3 is 2.59 bits per heavy atom. The Morgan fingerprint density at radius 1 is 1.22 bits per heavy atom. The molecule has 0 amide bonds. The highest BCUT2D eigenvalue weighted by Gasteiger charge is 2.12. The minimum atomic E-state index is -0.962. The Labute approximate surface area is 161 Å². The molecule has 6 nitrogen and oxygen atoms in total. The van der Waals surface area contributed by atoms with Crippen molar-refractivity contribution in [1.82, 2.24) is 9.55 Å². The van der Waals surface area contributed by atoms with Crippen LogP contribution < -0.4 is 10.3 Å². The van der Waals surface area contributed by atoms with Crippen molar-refractivity contribution in [2.24, 2.45) is 0 Å². The van der Waals surface area contributed by atoms with Gasteiger partial charge in [-0.05, 0) is 43.2 Å². The molecule has 0 aliphatic heterocycles. The second-order valence-electron chi connectivity index (χ2n) is 6.16. The number of carboxylic acid groups (broad SMARTS) is 1. The lowest BCUT2D eigenvalue weighted by Gasteiger charge is -2.11. The number of rotatable bonds is 8. The topological polar surface area (TPSA) is 81.4 Å². The van der Waals surface area contributed by atoms with E-state index in [2.05, 4.69) is 11.9 Å². The molecule has 3 aromatic rings. The maximum Gasteiger partial charge on any atom is 0.335 e. The van der Waals surface area contributed by atoms with E-state index in [4.69, 9.17) is 9.84 Å². The summed E-state index contributed by atoms with van der Waals surface area (Å²) in [5.41, 5.74) is 0.238. The van der Waals surface area contributed by atoms with Crippen LogP contribution in [0.25, 0.3) is 10.2 Å². The number of hydrogen-bond acceptors (Lipinski definition) is 5. The predicted molar refractivity (Wildman–Crippen MR) is 106 cm³/mol. The van der Waals surface area contributed by atoms with Crippen LogP contribution in [0.4, 0.5) is 0 Å². The molecule has 0 saturated carbocycles. The van der Waals surface area contributed by atoms with E-state index in [1.165, 1.54) is 17.0 Å². The molecule has 1 aromatic carbocycles. The summed E-state index contributed by atoms with van der Waals surface area (Å²) in [6.45, 7) is 5.04. The zero-order valence-electron chi connectivity index (χ0n) is 15.4. The fraction of sp³-hybridized carbons (Fsp3) is 0.350. The highest BCUT2D eigenvalue weighted by Crippen LogP contribution is 2.22. The molecule has 0 aliphatic carbocycles. The number of aromatic carboxylic acids is 1. The fourth-order valence-corrected chi connectivity index (χ4v) is 3.87. The SMILES string of the molecule is CCc1cc2c(=O)n(CCCOc3ccc(C(=O)O)cc3)c(CC)nc2s1. The van der Waals surface area contributed by atoms with E-state index in [1.807, 2.05) is 13.0 Å². The third-order valence-electron chi connectivity index (χ3n) is 4.34. The smallest absolute Gasteiger partial charge is 0.335 e. The molecule has 0 aliphatic rings. The molecule has 0 radical (unpaired) electrons. The summed E-state index contributed by atoms with van der Waals surface area (Å²) < 4.78 is 7.40. The second-order valence-corrected chi connectivity index (χ2v) is 7.27. The highest BCUT2D eigenvalue weighted by molar-refractivity contribution is 7.18. The van der Waals surface area contributed by atoms with E-state index in [9.17, 15) is 9.59 Å². The second kappa shape index (κ2) is 8.35. The van der Waals surface area contributed by atoms with Gasteiger partial charge >= 0.3 is 5.97 Å². The Kier molecular flexibility index (Phi) is 5.91. The lowest BCUT2D eigenvalue weighted by molar-refractivity contribution is 0.0697. The lowest BCUT2D eigenvalue weighted by atomic mass is 10.2. The van der Waals surface area contributed by atoms with Crippen LogP contribution in [0, 0.1) is 0 Å². The number of nitrogens with zero attached hydrogens (tertiary/aromatic N) is 2. The van der Waals surface area contributed by atoms with Crippen molar-refractivity contribution in [1.29, 1.82) is 0 Å². The molecule has 27 heavy (non-hydrogen) atoms. The number of thiophene rings is 1. The Balaban J connectivity index is 1.68. The van der Waals surface area contributed by atoms with Gasteiger partial charge in [-0.1, -0.05) is 13.8 Å². The summed E-state index contributed by atoms with van der Waals surface area (Å²) in [7, 11) is 0. The maximum absolute atomic E-state index is 12.8. The average molecular weight is 386 g/mol. The lowest BCUT2D eigenvalue weighted by Crippen LogP contribution is -2.25. The van der Waals surface area contributed by atoms with Gasteiger partial charge in [0.2, 0.25) is 0 Å². The van der Waals surface area contributed by atoms with Crippen molar-refractivity contribution in [3.63, 3.8) is 0 Å². The van der Waals surface area contributed by atoms with Crippen LogP contribution in [0.15, 0.2) is 35.1 Å². The number of aryl methyl sites for hydroxylation is 2. The summed E-state index contributed by atoms with van der Waals surface area (Å²) >= 11 is 1.59. The first-order valence-electron chi connectivity index (χ1n) is 9.01. The first-order chi connectivity index (χ1) is 13.0. The van der Waals surface area contributed by atoms with Gasteiger partial charge in [0.05, 0.1) is 17.6 Å².